The van der Waals surface area contributed by atoms with E-state index in [0.717, 1.165) is 0 Å². The molecular weight excluding hydrogens is 317 g/mol. The summed E-state index contributed by atoms with van der Waals surface area (Å²) in [4.78, 5) is 4.11. The van der Waals surface area contributed by atoms with Crippen LogP contribution < -0.4 is 5.73 Å². The van der Waals surface area contributed by atoms with Crippen LogP contribution in [-0.2, 0) is 0 Å². The molecule has 1 heterocycles. The highest BCUT2D eigenvalue weighted by Gasteiger charge is 2.17. The minimum Gasteiger partial charge on any atom is -0.409 e. The third-order valence-electron chi connectivity index (χ3n) is 2.55. The monoisotopic (exact) mass is 327 g/mol. The van der Waals surface area contributed by atoms with Crippen LogP contribution in [0, 0.1) is 19.7 Å². The second-order valence-electron chi connectivity index (χ2n) is 3.86. The zero-order valence-corrected chi connectivity index (χ0v) is 11.8. The van der Waals surface area contributed by atoms with Crippen LogP contribution in [0.15, 0.2) is 21.8 Å². The maximum Gasteiger partial charge on any atom is 0.171 e. The summed E-state index contributed by atoms with van der Waals surface area (Å²) in [5.41, 5.74) is 5.95. The highest BCUT2D eigenvalue weighted by atomic mass is 79.9. The van der Waals surface area contributed by atoms with Crippen LogP contribution in [0.4, 0.5) is 4.39 Å². The Morgan fingerprint density at radius 2 is 2.16 bits per heavy atom. The Morgan fingerprint density at radius 3 is 2.68 bits per heavy atom. The van der Waals surface area contributed by atoms with E-state index < -0.39 is 5.82 Å². The number of aryl methyl sites for hydroxylation is 2. The Kier molecular flexibility index (Phi) is 3.52. The van der Waals surface area contributed by atoms with Gasteiger partial charge in [0.05, 0.1) is 4.47 Å². The first kappa shape index (κ1) is 13.5. The molecule has 0 aliphatic heterocycles. The van der Waals surface area contributed by atoms with Gasteiger partial charge in [-0.1, -0.05) is 5.16 Å². The van der Waals surface area contributed by atoms with Crippen molar-refractivity contribution < 1.29 is 9.60 Å². The maximum atomic E-state index is 14.3. The molecule has 1 aromatic heterocycles. The van der Waals surface area contributed by atoms with Gasteiger partial charge in [0.1, 0.15) is 17.3 Å². The molecule has 8 heteroatoms. The molecular formula is C11H11BrFN5O. The van der Waals surface area contributed by atoms with Gasteiger partial charge in [0.2, 0.25) is 0 Å². The fourth-order valence-corrected chi connectivity index (χ4v) is 2.24. The fourth-order valence-electron chi connectivity index (χ4n) is 1.70. The summed E-state index contributed by atoms with van der Waals surface area (Å²) >= 11 is 3.09. The van der Waals surface area contributed by atoms with Gasteiger partial charge in [-0.15, -0.1) is 0 Å². The van der Waals surface area contributed by atoms with Gasteiger partial charge in [0, 0.05) is 5.56 Å². The summed E-state index contributed by atoms with van der Waals surface area (Å²) in [6.45, 7) is 3.45. The van der Waals surface area contributed by atoms with Crippen molar-refractivity contribution >= 4 is 21.8 Å². The molecule has 0 saturated heterocycles. The van der Waals surface area contributed by atoms with Crippen molar-refractivity contribution in [2.24, 2.45) is 10.9 Å². The van der Waals surface area contributed by atoms with Gasteiger partial charge in [0.25, 0.3) is 0 Å². The molecule has 0 amide bonds. The smallest absolute Gasteiger partial charge is 0.171 e. The van der Waals surface area contributed by atoms with Crippen molar-refractivity contribution in [3.8, 4) is 5.69 Å². The summed E-state index contributed by atoms with van der Waals surface area (Å²) in [7, 11) is 0. The van der Waals surface area contributed by atoms with E-state index in [-0.39, 0.29) is 21.6 Å². The minimum absolute atomic E-state index is 0.104. The van der Waals surface area contributed by atoms with Crippen LogP contribution >= 0.6 is 15.9 Å². The fraction of sp³-hybridized carbons (Fsp3) is 0.182. The molecule has 6 nitrogen and oxygen atoms in total. The third kappa shape index (κ3) is 2.30. The van der Waals surface area contributed by atoms with Gasteiger partial charge in [-0.05, 0) is 41.9 Å². The average Bonchev–Trinajstić information content (AvgIpc) is 2.71. The number of oxime groups is 1. The van der Waals surface area contributed by atoms with Crippen LogP contribution in [0.1, 0.15) is 17.2 Å². The van der Waals surface area contributed by atoms with Crippen LogP contribution in [0.3, 0.4) is 0 Å². The van der Waals surface area contributed by atoms with E-state index in [9.17, 15) is 4.39 Å². The first-order valence-electron chi connectivity index (χ1n) is 5.32. The molecule has 1 aromatic carbocycles. The first-order chi connectivity index (χ1) is 8.95. The van der Waals surface area contributed by atoms with Crippen molar-refractivity contribution in [3.05, 3.63) is 39.6 Å². The Balaban J connectivity index is 2.62. The summed E-state index contributed by atoms with van der Waals surface area (Å²) in [5.74, 6) is 0.384. The number of amidine groups is 1. The molecule has 2 aromatic rings. The van der Waals surface area contributed by atoms with Crippen molar-refractivity contribution in [3.63, 3.8) is 0 Å². The van der Waals surface area contributed by atoms with Gasteiger partial charge < -0.3 is 10.9 Å². The molecule has 0 aliphatic carbocycles. The Hall–Kier alpha value is -1.96. The molecule has 0 bridgehead atoms. The molecule has 100 valence electrons. The van der Waals surface area contributed by atoms with Crippen molar-refractivity contribution in [2.75, 3.05) is 0 Å². The normalized spacial score (nSPS) is 11.9. The Bertz CT molecular complexity index is 667. The predicted octanol–water partition coefficient (Wildman–Crippen LogP) is 1.88. The van der Waals surface area contributed by atoms with E-state index in [1.807, 2.05) is 0 Å². The van der Waals surface area contributed by atoms with Gasteiger partial charge in [-0.25, -0.2) is 14.1 Å². The van der Waals surface area contributed by atoms with E-state index in [4.69, 9.17) is 10.9 Å². The number of halogens is 2. The Labute approximate surface area is 116 Å². The quantitative estimate of drug-likeness (QED) is 0.381. The van der Waals surface area contributed by atoms with Crippen LogP contribution in [0.25, 0.3) is 5.69 Å². The van der Waals surface area contributed by atoms with Crippen LogP contribution in [0.2, 0.25) is 0 Å². The molecule has 0 saturated carbocycles. The van der Waals surface area contributed by atoms with Gasteiger partial charge in [0.15, 0.2) is 11.7 Å². The molecule has 0 fully saturated rings. The summed E-state index contributed by atoms with van der Waals surface area (Å²) in [6.07, 6.45) is 0. The predicted molar refractivity (Wildman–Crippen MR) is 71.0 cm³/mol. The van der Waals surface area contributed by atoms with E-state index in [0.29, 0.717) is 11.6 Å². The number of benzene rings is 1. The lowest BCUT2D eigenvalue weighted by Crippen LogP contribution is -2.15. The first-order valence-corrected chi connectivity index (χ1v) is 6.11. The van der Waals surface area contributed by atoms with Gasteiger partial charge in [-0.3, -0.25) is 0 Å². The molecule has 0 aliphatic rings. The molecule has 0 spiro atoms. The number of nitrogens with zero attached hydrogens (tertiary/aromatic N) is 4. The van der Waals surface area contributed by atoms with Crippen molar-refractivity contribution in [1.29, 1.82) is 0 Å². The van der Waals surface area contributed by atoms with Crippen molar-refractivity contribution in [1.82, 2.24) is 14.8 Å². The number of hydrogen-bond donors (Lipinski definition) is 2. The van der Waals surface area contributed by atoms with Crippen LogP contribution in [-0.4, -0.2) is 25.8 Å². The van der Waals surface area contributed by atoms with Crippen molar-refractivity contribution in [2.45, 2.75) is 13.8 Å². The third-order valence-corrected chi connectivity index (χ3v) is 3.32. The minimum atomic E-state index is -0.558. The van der Waals surface area contributed by atoms with Gasteiger partial charge in [-0.2, -0.15) is 5.10 Å². The number of nitrogens with two attached hydrogens (primary N) is 1. The van der Waals surface area contributed by atoms with E-state index in [1.54, 1.807) is 13.8 Å². The summed E-state index contributed by atoms with van der Waals surface area (Å²) in [6, 6.07) is 3.03. The number of rotatable bonds is 2. The van der Waals surface area contributed by atoms with Gasteiger partial charge >= 0.3 is 0 Å². The van der Waals surface area contributed by atoms with E-state index >= 15 is 0 Å². The standard InChI is InChI=1S/C11H11BrFN5O/c1-5-15-6(2)18(16-5)8-4-3-7(11(14)17-19)9(12)10(8)13/h3-4,19H,1-2H3,(H2,14,17). The zero-order chi connectivity index (χ0) is 14.2. The molecule has 0 atom stereocenters. The lowest BCUT2D eigenvalue weighted by Gasteiger charge is -2.09. The molecule has 0 radical (unpaired) electrons. The van der Waals surface area contributed by atoms with E-state index in [1.165, 1.54) is 16.8 Å². The molecule has 3 N–H and O–H groups in total. The SMILES string of the molecule is Cc1nc(C)n(-c2ccc(/C(N)=N/O)c(Br)c2F)n1. The topological polar surface area (TPSA) is 89.3 Å². The molecule has 0 unspecified atom stereocenters. The maximum absolute atomic E-state index is 14.3. The number of hydrogen-bond acceptors (Lipinski definition) is 4. The largest absolute Gasteiger partial charge is 0.409 e. The molecule has 2 rings (SSSR count). The average molecular weight is 328 g/mol. The highest BCUT2D eigenvalue weighted by molar-refractivity contribution is 9.10. The second-order valence-corrected chi connectivity index (χ2v) is 4.66. The lowest BCUT2D eigenvalue weighted by molar-refractivity contribution is 0.318. The lowest BCUT2D eigenvalue weighted by atomic mass is 10.2. The second kappa shape index (κ2) is 4.96. The zero-order valence-electron chi connectivity index (χ0n) is 10.2. The summed E-state index contributed by atoms with van der Waals surface area (Å²) < 4.78 is 15.8. The number of aromatic nitrogens is 3. The van der Waals surface area contributed by atoms with E-state index in [2.05, 4.69) is 31.2 Å². The Morgan fingerprint density at radius 1 is 1.47 bits per heavy atom. The highest BCUT2D eigenvalue weighted by Crippen LogP contribution is 2.26. The summed E-state index contributed by atoms with van der Waals surface area (Å²) in [5, 5.41) is 15.6. The molecule has 19 heavy (non-hydrogen) atoms. The van der Waals surface area contributed by atoms with Crippen LogP contribution in [0.5, 0.6) is 0 Å².